The number of fused-ring (bicyclic) bond motifs is 3. The molecule has 0 saturated carbocycles. The zero-order chi connectivity index (χ0) is 20.5. The first kappa shape index (κ1) is 17.9. The maximum absolute atomic E-state index is 10.8. The number of rotatable bonds is 4. The van der Waals surface area contributed by atoms with Crippen molar-refractivity contribution in [3.8, 4) is 5.69 Å². The lowest BCUT2D eigenvalue weighted by atomic mass is 10.1. The molecule has 0 spiro atoms. The molecule has 0 aliphatic rings. The molecule has 0 aliphatic carbocycles. The smallest absolute Gasteiger partial charge is 0.269 e. The van der Waals surface area contributed by atoms with Crippen molar-refractivity contribution in [2.45, 2.75) is 0 Å². The summed E-state index contributed by atoms with van der Waals surface area (Å²) in [5, 5.41) is 13.3. The minimum absolute atomic E-state index is 0.0997. The Morgan fingerprint density at radius 2 is 1.10 bits per heavy atom. The second-order valence-corrected chi connectivity index (χ2v) is 7.14. The standard InChI is InChI=1S/C26H18N2O2/c29-28(30)22-17-13-20(14-18-22)10-9-19-11-15-21(16-12-19)27-25-7-3-1-5-23(25)24-6-2-4-8-26(24)27/h1-18H/b10-9-. The number of hydrogen-bond acceptors (Lipinski definition) is 2. The monoisotopic (exact) mass is 390 g/mol. The Labute approximate surface area is 173 Å². The van der Waals surface area contributed by atoms with E-state index in [1.165, 1.54) is 33.9 Å². The molecule has 0 fully saturated rings. The fraction of sp³-hybridized carbons (Fsp3) is 0. The fourth-order valence-electron chi connectivity index (χ4n) is 3.83. The van der Waals surface area contributed by atoms with E-state index in [1.807, 2.05) is 12.2 Å². The number of nitro groups is 1. The van der Waals surface area contributed by atoms with Crippen LogP contribution in [0.4, 0.5) is 5.69 Å². The van der Waals surface area contributed by atoms with Crippen LogP contribution in [0.3, 0.4) is 0 Å². The molecule has 4 nitrogen and oxygen atoms in total. The summed E-state index contributed by atoms with van der Waals surface area (Å²) in [5.41, 5.74) is 5.58. The summed E-state index contributed by atoms with van der Waals surface area (Å²) in [5.74, 6) is 0. The van der Waals surface area contributed by atoms with E-state index >= 15 is 0 Å². The second kappa shape index (κ2) is 7.33. The molecule has 4 aromatic carbocycles. The molecule has 30 heavy (non-hydrogen) atoms. The molecule has 144 valence electrons. The van der Waals surface area contributed by atoms with Gasteiger partial charge < -0.3 is 4.57 Å². The van der Waals surface area contributed by atoms with Crippen molar-refractivity contribution in [1.29, 1.82) is 0 Å². The first-order valence-electron chi connectivity index (χ1n) is 9.72. The highest BCUT2D eigenvalue weighted by molar-refractivity contribution is 6.09. The lowest BCUT2D eigenvalue weighted by Gasteiger charge is -2.08. The van der Waals surface area contributed by atoms with Crippen molar-refractivity contribution in [3.05, 3.63) is 118 Å². The highest BCUT2D eigenvalue weighted by atomic mass is 16.6. The Morgan fingerprint density at radius 1 is 0.633 bits per heavy atom. The maximum Gasteiger partial charge on any atom is 0.269 e. The molecule has 0 unspecified atom stereocenters. The molecule has 4 heteroatoms. The molecule has 0 atom stereocenters. The average Bonchev–Trinajstić information content (AvgIpc) is 3.13. The van der Waals surface area contributed by atoms with Gasteiger partial charge in [-0.05, 0) is 47.5 Å². The van der Waals surface area contributed by atoms with Crippen LogP contribution < -0.4 is 0 Å². The molecule has 0 aliphatic heterocycles. The van der Waals surface area contributed by atoms with Crippen molar-refractivity contribution < 1.29 is 4.92 Å². The Kier molecular flexibility index (Phi) is 4.37. The number of nitrogens with zero attached hydrogens (tertiary/aromatic N) is 2. The van der Waals surface area contributed by atoms with Gasteiger partial charge in [0.15, 0.2) is 0 Å². The molecule has 1 aromatic heterocycles. The van der Waals surface area contributed by atoms with Crippen molar-refractivity contribution in [2.24, 2.45) is 0 Å². The van der Waals surface area contributed by atoms with E-state index in [0.29, 0.717) is 0 Å². The lowest BCUT2D eigenvalue weighted by Crippen LogP contribution is -1.93. The molecule has 0 saturated heterocycles. The molecule has 0 amide bonds. The van der Waals surface area contributed by atoms with E-state index < -0.39 is 0 Å². The Morgan fingerprint density at radius 3 is 1.60 bits per heavy atom. The highest BCUT2D eigenvalue weighted by Crippen LogP contribution is 2.31. The normalized spacial score (nSPS) is 11.5. The fourth-order valence-corrected chi connectivity index (χ4v) is 3.83. The minimum Gasteiger partial charge on any atom is -0.309 e. The number of aromatic nitrogens is 1. The highest BCUT2D eigenvalue weighted by Gasteiger charge is 2.10. The molecule has 0 N–H and O–H groups in total. The summed E-state index contributed by atoms with van der Waals surface area (Å²) in [6.07, 6.45) is 3.97. The molecule has 0 radical (unpaired) electrons. The Bertz CT molecular complexity index is 1340. The van der Waals surface area contributed by atoms with Gasteiger partial charge >= 0.3 is 0 Å². The van der Waals surface area contributed by atoms with E-state index in [2.05, 4.69) is 77.4 Å². The Balaban J connectivity index is 1.49. The van der Waals surface area contributed by atoms with Gasteiger partial charge in [0.2, 0.25) is 0 Å². The average molecular weight is 390 g/mol. The van der Waals surface area contributed by atoms with Crippen LogP contribution in [0.1, 0.15) is 11.1 Å². The van der Waals surface area contributed by atoms with E-state index in [0.717, 1.165) is 16.8 Å². The zero-order valence-corrected chi connectivity index (χ0v) is 16.1. The summed E-state index contributed by atoms with van der Waals surface area (Å²) in [7, 11) is 0. The van der Waals surface area contributed by atoms with Crippen LogP contribution in [0, 0.1) is 10.1 Å². The number of benzene rings is 4. The Hall–Kier alpha value is -4.18. The van der Waals surface area contributed by atoms with Gasteiger partial charge in [-0.3, -0.25) is 10.1 Å². The van der Waals surface area contributed by atoms with Crippen LogP contribution in [0.5, 0.6) is 0 Å². The third-order valence-corrected chi connectivity index (χ3v) is 5.30. The zero-order valence-electron chi connectivity index (χ0n) is 16.1. The van der Waals surface area contributed by atoms with Gasteiger partial charge in [0.1, 0.15) is 0 Å². The summed E-state index contributed by atoms with van der Waals surface area (Å²) >= 11 is 0. The molecule has 1 heterocycles. The van der Waals surface area contributed by atoms with Crippen LogP contribution in [0.2, 0.25) is 0 Å². The molecule has 5 aromatic rings. The quantitative estimate of drug-likeness (QED) is 0.191. The van der Waals surface area contributed by atoms with E-state index in [9.17, 15) is 10.1 Å². The number of nitro benzene ring substituents is 1. The van der Waals surface area contributed by atoms with Crippen molar-refractivity contribution >= 4 is 39.6 Å². The third kappa shape index (κ3) is 3.14. The van der Waals surface area contributed by atoms with Crippen LogP contribution in [0.15, 0.2) is 97.1 Å². The van der Waals surface area contributed by atoms with E-state index in [1.54, 1.807) is 12.1 Å². The van der Waals surface area contributed by atoms with Gasteiger partial charge in [-0.25, -0.2) is 0 Å². The number of non-ortho nitro benzene ring substituents is 1. The van der Waals surface area contributed by atoms with Gasteiger partial charge in [0.25, 0.3) is 5.69 Å². The van der Waals surface area contributed by atoms with Crippen LogP contribution in [0.25, 0.3) is 39.6 Å². The predicted molar refractivity (Wildman–Crippen MR) is 123 cm³/mol. The summed E-state index contributed by atoms with van der Waals surface area (Å²) < 4.78 is 2.29. The van der Waals surface area contributed by atoms with Gasteiger partial charge in [0.05, 0.1) is 16.0 Å². The predicted octanol–water partition coefficient (Wildman–Crippen LogP) is 6.86. The summed E-state index contributed by atoms with van der Waals surface area (Å²) in [6, 6.07) is 31.9. The molecule has 0 bridgehead atoms. The maximum atomic E-state index is 10.8. The van der Waals surface area contributed by atoms with Gasteiger partial charge in [-0.1, -0.05) is 60.7 Å². The SMILES string of the molecule is O=[N+]([O-])c1ccc(/C=C\c2ccc(-n3c4ccccc4c4ccccc43)cc2)cc1. The van der Waals surface area contributed by atoms with Gasteiger partial charge in [-0.15, -0.1) is 0 Å². The van der Waals surface area contributed by atoms with Gasteiger partial charge in [0, 0.05) is 28.6 Å². The van der Waals surface area contributed by atoms with Crippen LogP contribution in [-0.4, -0.2) is 9.49 Å². The van der Waals surface area contributed by atoms with Gasteiger partial charge in [-0.2, -0.15) is 0 Å². The largest absolute Gasteiger partial charge is 0.309 e. The molecular weight excluding hydrogens is 372 g/mol. The lowest BCUT2D eigenvalue weighted by molar-refractivity contribution is -0.384. The van der Waals surface area contributed by atoms with Crippen molar-refractivity contribution in [3.63, 3.8) is 0 Å². The number of para-hydroxylation sites is 2. The summed E-state index contributed by atoms with van der Waals surface area (Å²) in [6.45, 7) is 0. The topological polar surface area (TPSA) is 48.1 Å². The molecule has 5 rings (SSSR count). The van der Waals surface area contributed by atoms with Crippen LogP contribution in [-0.2, 0) is 0 Å². The number of hydrogen-bond donors (Lipinski definition) is 0. The van der Waals surface area contributed by atoms with E-state index in [-0.39, 0.29) is 10.6 Å². The van der Waals surface area contributed by atoms with Crippen LogP contribution >= 0.6 is 0 Å². The molecular formula is C26H18N2O2. The van der Waals surface area contributed by atoms with E-state index in [4.69, 9.17) is 0 Å². The van der Waals surface area contributed by atoms with Crippen molar-refractivity contribution in [1.82, 2.24) is 4.57 Å². The summed E-state index contributed by atoms with van der Waals surface area (Å²) in [4.78, 5) is 10.4. The van der Waals surface area contributed by atoms with Crippen molar-refractivity contribution in [2.75, 3.05) is 0 Å². The minimum atomic E-state index is -0.388. The first-order chi connectivity index (χ1) is 14.7. The second-order valence-electron chi connectivity index (χ2n) is 7.14. The third-order valence-electron chi connectivity index (χ3n) is 5.30. The first-order valence-corrected chi connectivity index (χ1v) is 9.72.